The Morgan fingerprint density at radius 3 is 3.00 bits per heavy atom. The average Bonchev–Trinajstić information content (AvgIpc) is 3.12. The van der Waals surface area contributed by atoms with Crippen LogP contribution < -0.4 is 5.32 Å². The number of imidazole rings is 1. The van der Waals surface area contributed by atoms with Crippen molar-refractivity contribution in [1.29, 1.82) is 0 Å². The van der Waals surface area contributed by atoms with Crippen LogP contribution in [0.3, 0.4) is 0 Å². The summed E-state index contributed by atoms with van der Waals surface area (Å²) in [4.78, 5) is 16.8. The van der Waals surface area contributed by atoms with Crippen LogP contribution in [0.4, 0.5) is 0 Å². The van der Waals surface area contributed by atoms with E-state index in [1.54, 1.807) is 0 Å². The van der Waals surface area contributed by atoms with E-state index in [2.05, 4.69) is 28.7 Å². The molecule has 5 nitrogen and oxygen atoms in total. The smallest absolute Gasteiger partial charge is 0.326 e. The largest absolute Gasteiger partial charge is 0.465 e. The summed E-state index contributed by atoms with van der Waals surface area (Å²) in [6.45, 7) is 7.37. The number of aromatic nitrogens is 2. The maximum absolute atomic E-state index is 12.4. The molecule has 1 aliphatic rings. The highest BCUT2D eigenvalue weighted by Gasteiger charge is 2.46. The lowest BCUT2D eigenvalue weighted by Crippen LogP contribution is -2.51. The maximum Gasteiger partial charge on any atom is 0.326 e. The number of ether oxygens (including phenoxy) is 1. The van der Waals surface area contributed by atoms with Gasteiger partial charge in [0.1, 0.15) is 11.4 Å². The van der Waals surface area contributed by atoms with Crippen LogP contribution in [-0.2, 0) is 16.0 Å². The van der Waals surface area contributed by atoms with Gasteiger partial charge in [0.05, 0.1) is 6.61 Å². The molecule has 0 aliphatic heterocycles. The Bertz CT molecular complexity index is 472. The van der Waals surface area contributed by atoms with Gasteiger partial charge in [-0.2, -0.15) is 0 Å². The van der Waals surface area contributed by atoms with Crippen molar-refractivity contribution < 1.29 is 9.53 Å². The monoisotopic (exact) mass is 293 g/mol. The van der Waals surface area contributed by atoms with Gasteiger partial charge in [0.15, 0.2) is 0 Å². The Morgan fingerprint density at radius 2 is 2.33 bits per heavy atom. The van der Waals surface area contributed by atoms with Gasteiger partial charge in [0, 0.05) is 24.9 Å². The highest BCUT2D eigenvalue weighted by Crippen LogP contribution is 2.39. The summed E-state index contributed by atoms with van der Waals surface area (Å²) in [7, 11) is 0. The molecule has 2 atom stereocenters. The van der Waals surface area contributed by atoms with Crippen LogP contribution in [0.2, 0.25) is 0 Å². The predicted molar refractivity (Wildman–Crippen MR) is 82.2 cm³/mol. The first-order chi connectivity index (χ1) is 10.2. The highest BCUT2D eigenvalue weighted by atomic mass is 16.5. The standard InChI is InChI=1S/C16H27N3O2/c1-4-9-18-16(15(20)21-6-3)8-7-13(12-16)19-11-10-17-14(19)5-2/h10-11,13,18H,4-9,12H2,1-3H3. The highest BCUT2D eigenvalue weighted by molar-refractivity contribution is 5.81. The van der Waals surface area contributed by atoms with Gasteiger partial charge in [0.2, 0.25) is 0 Å². The molecule has 1 saturated carbocycles. The van der Waals surface area contributed by atoms with Gasteiger partial charge in [-0.15, -0.1) is 0 Å². The lowest BCUT2D eigenvalue weighted by molar-refractivity contribution is -0.151. The molecule has 118 valence electrons. The molecule has 1 fully saturated rings. The number of rotatable bonds is 7. The molecule has 1 heterocycles. The van der Waals surface area contributed by atoms with E-state index in [0.717, 1.165) is 44.5 Å². The molecule has 0 aromatic carbocycles. The van der Waals surface area contributed by atoms with Gasteiger partial charge in [-0.3, -0.25) is 4.79 Å². The maximum atomic E-state index is 12.4. The zero-order chi connectivity index (χ0) is 15.3. The van der Waals surface area contributed by atoms with Crippen molar-refractivity contribution in [2.24, 2.45) is 0 Å². The zero-order valence-electron chi connectivity index (χ0n) is 13.4. The van der Waals surface area contributed by atoms with Crippen LogP contribution in [0, 0.1) is 0 Å². The number of hydrogen-bond acceptors (Lipinski definition) is 4. The van der Waals surface area contributed by atoms with Crippen molar-refractivity contribution in [1.82, 2.24) is 14.9 Å². The quantitative estimate of drug-likeness (QED) is 0.785. The van der Waals surface area contributed by atoms with E-state index >= 15 is 0 Å². The summed E-state index contributed by atoms with van der Waals surface area (Å²) >= 11 is 0. The van der Waals surface area contributed by atoms with Gasteiger partial charge in [-0.1, -0.05) is 13.8 Å². The predicted octanol–water partition coefficient (Wildman–Crippen LogP) is 2.47. The molecule has 1 N–H and O–H groups in total. The fourth-order valence-corrected chi connectivity index (χ4v) is 3.26. The van der Waals surface area contributed by atoms with E-state index in [9.17, 15) is 4.79 Å². The third-order valence-corrected chi connectivity index (χ3v) is 4.33. The summed E-state index contributed by atoms with van der Waals surface area (Å²) in [6, 6.07) is 0.330. The summed E-state index contributed by atoms with van der Waals surface area (Å²) in [6.07, 6.45) is 8.41. The summed E-state index contributed by atoms with van der Waals surface area (Å²) in [5, 5.41) is 3.45. The van der Waals surface area contributed by atoms with E-state index in [-0.39, 0.29) is 5.97 Å². The van der Waals surface area contributed by atoms with Crippen molar-refractivity contribution in [3.05, 3.63) is 18.2 Å². The zero-order valence-corrected chi connectivity index (χ0v) is 13.4. The third-order valence-electron chi connectivity index (χ3n) is 4.33. The lowest BCUT2D eigenvalue weighted by Gasteiger charge is -2.28. The Hall–Kier alpha value is -1.36. The molecule has 1 aromatic heterocycles. The molecule has 1 aromatic rings. The number of carbonyl (C=O) groups excluding carboxylic acids is 1. The van der Waals surface area contributed by atoms with Crippen LogP contribution in [0.25, 0.3) is 0 Å². The number of esters is 1. The minimum atomic E-state index is -0.522. The number of nitrogens with one attached hydrogen (secondary N) is 1. The van der Waals surface area contributed by atoms with Crippen LogP contribution >= 0.6 is 0 Å². The second-order valence-corrected chi connectivity index (χ2v) is 5.73. The average molecular weight is 293 g/mol. The minimum absolute atomic E-state index is 0.0980. The Balaban J connectivity index is 2.15. The van der Waals surface area contributed by atoms with Crippen LogP contribution in [-0.4, -0.2) is 34.2 Å². The number of hydrogen-bond donors (Lipinski definition) is 1. The minimum Gasteiger partial charge on any atom is -0.465 e. The normalized spacial score (nSPS) is 25.2. The molecule has 5 heteroatoms. The molecule has 0 spiro atoms. The SMILES string of the molecule is CCCNC1(C(=O)OCC)CCC(n2ccnc2CC)C1. The first-order valence-corrected chi connectivity index (χ1v) is 8.10. The van der Waals surface area contributed by atoms with Gasteiger partial charge in [-0.05, 0) is 39.2 Å². The summed E-state index contributed by atoms with van der Waals surface area (Å²) in [5.74, 6) is 0.995. The first kappa shape index (κ1) is 16.0. The molecular weight excluding hydrogens is 266 g/mol. The summed E-state index contributed by atoms with van der Waals surface area (Å²) < 4.78 is 7.55. The van der Waals surface area contributed by atoms with Crippen LogP contribution in [0.5, 0.6) is 0 Å². The number of aryl methyl sites for hydroxylation is 1. The molecular formula is C16H27N3O2. The van der Waals surface area contributed by atoms with E-state index in [1.807, 2.05) is 19.3 Å². The van der Waals surface area contributed by atoms with Crippen molar-refractivity contribution >= 4 is 5.97 Å². The number of carbonyl (C=O) groups is 1. The second-order valence-electron chi connectivity index (χ2n) is 5.73. The molecule has 0 radical (unpaired) electrons. The van der Waals surface area contributed by atoms with Crippen molar-refractivity contribution in [2.75, 3.05) is 13.2 Å². The van der Waals surface area contributed by atoms with Crippen LogP contribution in [0.15, 0.2) is 12.4 Å². The van der Waals surface area contributed by atoms with Gasteiger partial charge in [-0.25, -0.2) is 4.98 Å². The first-order valence-electron chi connectivity index (χ1n) is 8.10. The van der Waals surface area contributed by atoms with Crippen LogP contribution in [0.1, 0.15) is 58.3 Å². The number of nitrogens with zero attached hydrogens (tertiary/aromatic N) is 2. The topological polar surface area (TPSA) is 56.1 Å². The van der Waals surface area contributed by atoms with Crippen molar-refractivity contribution in [3.63, 3.8) is 0 Å². The summed E-state index contributed by atoms with van der Waals surface area (Å²) in [5.41, 5.74) is -0.522. The molecule has 0 amide bonds. The van der Waals surface area contributed by atoms with E-state index in [4.69, 9.17) is 4.74 Å². The fraction of sp³-hybridized carbons (Fsp3) is 0.750. The fourth-order valence-electron chi connectivity index (χ4n) is 3.26. The molecule has 0 bridgehead atoms. The Labute approximate surface area is 127 Å². The van der Waals surface area contributed by atoms with Gasteiger partial charge in [0.25, 0.3) is 0 Å². The van der Waals surface area contributed by atoms with Gasteiger partial charge >= 0.3 is 5.97 Å². The molecule has 2 unspecified atom stereocenters. The lowest BCUT2D eigenvalue weighted by atomic mass is 9.97. The molecule has 21 heavy (non-hydrogen) atoms. The third kappa shape index (κ3) is 3.28. The van der Waals surface area contributed by atoms with Gasteiger partial charge < -0.3 is 14.6 Å². The van der Waals surface area contributed by atoms with E-state index in [1.165, 1.54) is 0 Å². The second kappa shape index (κ2) is 7.07. The molecule has 0 saturated heterocycles. The van der Waals surface area contributed by atoms with Crippen molar-refractivity contribution in [2.45, 2.75) is 64.5 Å². The van der Waals surface area contributed by atoms with Crippen molar-refractivity contribution in [3.8, 4) is 0 Å². The van der Waals surface area contributed by atoms with E-state index < -0.39 is 5.54 Å². The Kier molecular flexibility index (Phi) is 5.39. The molecule has 2 rings (SSSR count). The van der Waals surface area contributed by atoms with E-state index in [0.29, 0.717) is 12.6 Å². The molecule has 1 aliphatic carbocycles. The Morgan fingerprint density at radius 1 is 1.52 bits per heavy atom.